The van der Waals surface area contributed by atoms with Gasteiger partial charge in [-0.05, 0) is 6.66 Å². The van der Waals surface area contributed by atoms with Gasteiger partial charge in [-0.25, -0.2) is 0 Å². The van der Waals surface area contributed by atoms with Gasteiger partial charge in [-0.3, -0.25) is 0 Å². The summed E-state index contributed by atoms with van der Waals surface area (Å²) in [7, 11) is 1.16. The minimum absolute atomic E-state index is 1.03. The molecule has 0 radical (unpaired) electrons. The van der Waals surface area contributed by atoms with Crippen LogP contribution in [-0.2, 0) is 0 Å². The average Bonchev–Trinajstić information content (AvgIpc) is 1.31. The number of hydrogen-bond donors (Lipinski definition) is 1. The summed E-state index contributed by atoms with van der Waals surface area (Å²) in [6.45, 7) is 4.81. The van der Waals surface area contributed by atoms with Crippen LogP contribution >= 0.6 is 8.58 Å². The fourth-order valence-electron chi connectivity index (χ4n) is 0.493. The van der Waals surface area contributed by atoms with E-state index in [1.165, 1.54) is 13.1 Å². The summed E-state index contributed by atoms with van der Waals surface area (Å²) >= 11 is 0. The normalized spacial score (nSPS) is 25.5. The monoisotopic (exact) mass is 103 g/mol. The number of nitrogens with one attached hydrogen (secondary N) is 1. The zero-order chi connectivity index (χ0) is 4.41. The van der Waals surface area contributed by atoms with Gasteiger partial charge in [-0.15, -0.1) is 8.58 Å². The topological polar surface area (TPSA) is 12.0 Å². The second-order valence-corrected chi connectivity index (χ2v) is 3.04. The first-order valence-corrected chi connectivity index (χ1v) is 3.89. The summed E-state index contributed by atoms with van der Waals surface area (Å²) in [6, 6.07) is 0. The molecule has 0 aliphatic carbocycles. The van der Waals surface area contributed by atoms with Crippen LogP contribution in [-0.4, -0.2) is 25.4 Å². The van der Waals surface area contributed by atoms with Crippen LogP contribution in [0.1, 0.15) is 0 Å². The molecule has 0 saturated carbocycles. The van der Waals surface area contributed by atoms with Crippen molar-refractivity contribution in [3.8, 4) is 0 Å². The van der Waals surface area contributed by atoms with E-state index in [9.17, 15) is 0 Å². The Bertz CT molecular complexity index is 40.1. The quantitative estimate of drug-likeness (QED) is 0.469. The van der Waals surface area contributed by atoms with Crippen molar-refractivity contribution in [3.05, 3.63) is 0 Å². The zero-order valence-corrected chi connectivity index (χ0v) is 4.99. The number of rotatable bonds is 1. The highest BCUT2D eigenvalue weighted by Gasteiger charge is 2.12. The second kappa shape index (κ2) is 1.90. The van der Waals surface area contributed by atoms with Gasteiger partial charge in [0.2, 0.25) is 0 Å². The van der Waals surface area contributed by atoms with Crippen LogP contribution in [0.15, 0.2) is 0 Å². The average molecular weight is 103 g/mol. The highest BCUT2D eigenvalue weighted by atomic mass is 31.1. The Morgan fingerprint density at radius 3 is 2.33 bits per heavy atom. The van der Waals surface area contributed by atoms with E-state index in [2.05, 4.69) is 12.0 Å². The van der Waals surface area contributed by atoms with E-state index < -0.39 is 0 Å². The molecule has 0 aromatic rings. The van der Waals surface area contributed by atoms with E-state index in [1.54, 1.807) is 0 Å². The third-order valence-electron chi connectivity index (χ3n) is 1.19. The first-order chi connectivity index (χ1) is 2.93. The van der Waals surface area contributed by atoms with Crippen molar-refractivity contribution in [2.45, 2.75) is 5.66 Å². The molecule has 6 heavy (non-hydrogen) atoms. The van der Waals surface area contributed by atoms with Gasteiger partial charge in [0.05, 0.1) is 0 Å². The molecule has 0 aromatic carbocycles. The maximum absolute atomic E-state index is 3.22. The van der Waals surface area contributed by atoms with E-state index in [4.69, 9.17) is 0 Å². The Hall–Kier alpha value is 0.390. The van der Waals surface area contributed by atoms with Crippen LogP contribution in [0.4, 0.5) is 0 Å². The SMILES string of the molecule is CPC1CNC1. The van der Waals surface area contributed by atoms with Crippen LogP contribution in [0.2, 0.25) is 0 Å². The Labute approximate surface area is 40.3 Å². The third-order valence-corrected chi connectivity index (χ3v) is 2.41. The molecule has 0 bridgehead atoms. The highest BCUT2D eigenvalue weighted by Crippen LogP contribution is 2.16. The van der Waals surface area contributed by atoms with Crippen molar-refractivity contribution in [1.29, 1.82) is 0 Å². The molecule has 1 nitrogen and oxygen atoms in total. The Balaban J connectivity index is 2.01. The maximum Gasteiger partial charge on any atom is 0.00289 e. The summed E-state index contributed by atoms with van der Waals surface area (Å²) in [4.78, 5) is 0. The van der Waals surface area contributed by atoms with Crippen molar-refractivity contribution in [1.82, 2.24) is 5.32 Å². The molecule has 1 rings (SSSR count). The summed E-state index contributed by atoms with van der Waals surface area (Å²) in [5, 5.41) is 3.22. The van der Waals surface area contributed by atoms with Gasteiger partial charge in [0.25, 0.3) is 0 Å². The molecule has 1 unspecified atom stereocenters. The summed E-state index contributed by atoms with van der Waals surface area (Å²) in [5.74, 6) is 0. The Kier molecular flexibility index (Phi) is 1.44. The van der Waals surface area contributed by atoms with E-state index in [-0.39, 0.29) is 0 Å². The molecule has 36 valence electrons. The van der Waals surface area contributed by atoms with Gasteiger partial charge in [0.15, 0.2) is 0 Å². The molecule has 1 N–H and O–H groups in total. The van der Waals surface area contributed by atoms with Crippen molar-refractivity contribution in [2.24, 2.45) is 0 Å². The van der Waals surface area contributed by atoms with Crippen molar-refractivity contribution in [2.75, 3.05) is 19.8 Å². The van der Waals surface area contributed by atoms with Crippen molar-refractivity contribution >= 4 is 8.58 Å². The fourth-order valence-corrected chi connectivity index (χ4v) is 1.19. The summed E-state index contributed by atoms with van der Waals surface area (Å²) in [6.07, 6.45) is 0. The smallest absolute Gasteiger partial charge is 0.00289 e. The lowest BCUT2D eigenvalue weighted by Gasteiger charge is -2.24. The van der Waals surface area contributed by atoms with Crippen LogP contribution < -0.4 is 5.32 Å². The van der Waals surface area contributed by atoms with Gasteiger partial charge in [0, 0.05) is 18.7 Å². The predicted octanol–water partition coefficient (Wildman–Crippen LogP) is 0.267. The molecule has 1 atom stereocenters. The first-order valence-electron chi connectivity index (χ1n) is 2.31. The number of hydrogen-bond acceptors (Lipinski definition) is 1. The molecular formula is C4H10NP. The van der Waals surface area contributed by atoms with E-state index in [0.717, 1.165) is 14.2 Å². The molecule has 1 saturated heterocycles. The van der Waals surface area contributed by atoms with Gasteiger partial charge >= 0.3 is 0 Å². The van der Waals surface area contributed by atoms with E-state index in [0.29, 0.717) is 0 Å². The van der Waals surface area contributed by atoms with Crippen molar-refractivity contribution in [3.63, 3.8) is 0 Å². The molecule has 1 aliphatic heterocycles. The molecule has 0 aromatic heterocycles. The molecule has 1 heterocycles. The van der Waals surface area contributed by atoms with Crippen LogP contribution in [0, 0.1) is 0 Å². The predicted molar refractivity (Wildman–Crippen MR) is 30.9 cm³/mol. The summed E-state index contributed by atoms with van der Waals surface area (Å²) < 4.78 is 0. The first kappa shape index (κ1) is 4.55. The second-order valence-electron chi connectivity index (χ2n) is 1.64. The largest absolute Gasteiger partial charge is 0.315 e. The van der Waals surface area contributed by atoms with Crippen LogP contribution in [0.5, 0.6) is 0 Å². The molecule has 0 amide bonds. The Morgan fingerprint density at radius 1 is 1.67 bits per heavy atom. The third kappa shape index (κ3) is 0.717. The molecular weight excluding hydrogens is 93.0 g/mol. The molecule has 1 fully saturated rings. The van der Waals surface area contributed by atoms with Gasteiger partial charge in [-0.1, -0.05) is 0 Å². The Morgan fingerprint density at radius 2 is 2.33 bits per heavy atom. The highest BCUT2D eigenvalue weighted by molar-refractivity contribution is 7.38. The van der Waals surface area contributed by atoms with Crippen molar-refractivity contribution < 1.29 is 0 Å². The minimum Gasteiger partial charge on any atom is -0.315 e. The summed E-state index contributed by atoms with van der Waals surface area (Å²) in [5.41, 5.74) is 1.03. The van der Waals surface area contributed by atoms with Crippen LogP contribution in [0.25, 0.3) is 0 Å². The maximum atomic E-state index is 3.22. The standard InChI is InChI=1S/C4H10NP/c1-6-4-2-5-3-4/h4-6H,2-3H2,1H3. The molecule has 2 heteroatoms. The lowest BCUT2D eigenvalue weighted by molar-refractivity contribution is 0.541. The van der Waals surface area contributed by atoms with Gasteiger partial charge < -0.3 is 5.32 Å². The van der Waals surface area contributed by atoms with Gasteiger partial charge in [0.1, 0.15) is 0 Å². The molecule has 1 aliphatic rings. The van der Waals surface area contributed by atoms with E-state index >= 15 is 0 Å². The molecule has 0 spiro atoms. The minimum atomic E-state index is 1.03. The zero-order valence-electron chi connectivity index (χ0n) is 3.99. The lowest BCUT2D eigenvalue weighted by atomic mass is 10.3. The van der Waals surface area contributed by atoms with Gasteiger partial charge in [-0.2, -0.15) is 0 Å². The fraction of sp³-hybridized carbons (Fsp3) is 1.00. The lowest BCUT2D eigenvalue weighted by Crippen LogP contribution is -2.43. The van der Waals surface area contributed by atoms with Crippen LogP contribution in [0.3, 0.4) is 0 Å². The van der Waals surface area contributed by atoms with E-state index in [1.807, 2.05) is 0 Å².